The predicted octanol–water partition coefficient (Wildman–Crippen LogP) is 1.76. The van der Waals surface area contributed by atoms with Gasteiger partial charge in [0.05, 0.1) is 6.61 Å². The minimum Gasteiger partial charge on any atom is -0.463 e. The number of nitrogens with two attached hydrogens (primary N) is 1. The van der Waals surface area contributed by atoms with Crippen LogP contribution in [0.4, 0.5) is 0 Å². The molecule has 0 aromatic rings. The fraction of sp³-hybridized carbons (Fsp3) is 0.750. The molecule has 5 heteroatoms. The van der Waals surface area contributed by atoms with Crippen LogP contribution in [0.25, 0.3) is 0 Å². The molecule has 1 rings (SSSR count). The lowest BCUT2D eigenvalue weighted by molar-refractivity contribution is -0.139. The third-order valence-corrected chi connectivity index (χ3v) is 3.81. The Morgan fingerprint density at radius 3 is 2.62 bits per heavy atom. The van der Waals surface area contributed by atoms with E-state index in [1.165, 1.54) is 6.92 Å². The van der Waals surface area contributed by atoms with Crippen LogP contribution >= 0.6 is 0 Å². The molecule has 0 radical (unpaired) electrons. The maximum Gasteiger partial charge on any atom is 0.333 e. The second-order valence-electron chi connectivity index (χ2n) is 6.15. The standard InChI is InChI=1S/C16H28N2O3/c1-5-21-16(20)12-6-7-13(14(17)9-12)15(8-10(2)3)18-11(4)19/h6,10,13-15H,5,7-9,17H2,1-4H3,(H,18,19)/t13-,14-,15-/m0/s1. The minimum atomic E-state index is -0.272. The molecule has 1 aliphatic rings. The predicted molar refractivity (Wildman–Crippen MR) is 82.5 cm³/mol. The average Bonchev–Trinajstić information content (AvgIpc) is 2.36. The fourth-order valence-electron chi connectivity index (χ4n) is 2.90. The van der Waals surface area contributed by atoms with Gasteiger partial charge in [-0.3, -0.25) is 4.79 Å². The zero-order chi connectivity index (χ0) is 16.0. The van der Waals surface area contributed by atoms with E-state index >= 15 is 0 Å². The van der Waals surface area contributed by atoms with Gasteiger partial charge < -0.3 is 15.8 Å². The molecule has 0 spiro atoms. The molecule has 0 unspecified atom stereocenters. The second-order valence-corrected chi connectivity index (χ2v) is 6.15. The van der Waals surface area contributed by atoms with Crippen LogP contribution in [0.2, 0.25) is 0 Å². The van der Waals surface area contributed by atoms with Crippen molar-refractivity contribution in [2.75, 3.05) is 6.61 Å². The first-order valence-corrected chi connectivity index (χ1v) is 7.74. The van der Waals surface area contributed by atoms with Crippen LogP contribution in [0.1, 0.15) is 47.0 Å². The molecule has 21 heavy (non-hydrogen) atoms. The molecular weight excluding hydrogens is 268 g/mol. The van der Waals surface area contributed by atoms with Gasteiger partial charge in [-0.1, -0.05) is 19.9 Å². The van der Waals surface area contributed by atoms with Crippen LogP contribution in [0.5, 0.6) is 0 Å². The summed E-state index contributed by atoms with van der Waals surface area (Å²) in [4.78, 5) is 23.2. The molecule has 0 bridgehead atoms. The first-order chi connectivity index (χ1) is 9.85. The third-order valence-electron chi connectivity index (χ3n) is 3.81. The van der Waals surface area contributed by atoms with Gasteiger partial charge in [-0.25, -0.2) is 4.79 Å². The molecule has 0 heterocycles. The molecule has 3 N–H and O–H groups in total. The molecule has 120 valence electrons. The van der Waals surface area contributed by atoms with Gasteiger partial charge in [-0.15, -0.1) is 0 Å². The number of esters is 1. The summed E-state index contributed by atoms with van der Waals surface area (Å²) >= 11 is 0. The molecule has 0 aromatic heterocycles. The van der Waals surface area contributed by atoms with E-state index in [4.69, 9.17) is 10.5 Å². The molecule has 0 aliphatic heterocycles. The van der Waals surface area contributed by atoms with Gasteiger partial charge in [0.2, 0.25) is 5.91 Å². The number of amides is 1. The van der Waals surface area contributed by atoms with Gasteiger partial charge in [0.1, 0.15) is 0 Å². The number of rotatable bonds is 6. The number of hydrogen-bond donors (Lipinski definition) is 2. The Labute approximate surface area is 127 Å². The number of allylic oxidation sites excluding steroid dienone is 1. The Morgan fingerprint density at radius 2 is 2.14 bits per heavy atom. The fourth-order valence-corrected chi connectivity index (χ4v) is 2.90. The molecular formula is C16H28N2O3. The van der Waals surface area contributed by atoms with Crippen LogP contribution in [-0.4, -0.2) is 30.6 Å². The SMILES string of the molecule is CCOC(=O)C1=CC[C@H]([C@H](CC(C)C)NC(C)=O)[C@@H](N)C1. The molecule has 1 aliphatic carbocycles. The Hall–Kier alpha value is -1.36. The number of ether oxygens (including phenoxy) is 1. The van der Waals surface area contributed by atoms with Crippen molar-refractivity contribution < 1.29 is 14.3 Å². The largest absolute Gasteiger partial charge is 0.463 e. The summed E-state index contributed by atoms with van der Waals surface area (Å²) in [7, 11) is 0. The highest BCUT2D eigenvalue weighted by Gasteiger charge is 2.32. The molecule has 0 saturated heterocycles. The summed E-state index contributed by atoms with van der Waals surface area (Å²) in [5.74, 6) is 0.332. The molecule has 0 saturated carbocycles. The Bertz CT molecular complexity index is 404. The van der Waals surface area contributed by atoms with Crippen molar-refractivity contribution in [3.8, 4) is 0 Å². The highest BCUT2D eigenvalue weighted by atomic mass is 16.5. The van der Waals surface area contributed by atoms with Crippen molar-refractivity contribution in [3.05, 3.63) is 11.6 Å². The van der Waals surface area contributed by atoms with E-state index in [1.54, 1.807) is 6.92 Å². The van der Waals surface area contributed by atoms with E-state index in [0.717, 1.165) is 6.42 Å². The summed E-state index contributed by atoms with van der Waals surface area (Å²) in [5, 5.41) is 3.02. The van der Waals surface area contributed by atoms with E-state index in [-0.39, 0.29) is 29.9 Å². The van der Waals surface area contributed by atoms with E-state index in [1.807, 2.05) is 6.08 Å². The van der Waals surface area contributed by atoms with E-state index in [2.05, 4.69) is 19.2 Å². The maximum atomic E-state index is 11.8. The van der Waals surface area contributed by atoms with Crippen LogP contribution in [0.3, 0.4) is 0 Å². The molecule has 0 fully saturated rings. The highest BCUT2D eigenvalue weighted by Crippen LogP contribution is 2.28. The first-order valence-electron chi connectivity index (χ1n) is 7.74. The van der Waals surface area contributed by atoms with E-state index < -0.39 is 0 Å². The lowest BCUT2D eigenvalue weighted by Gasteiger charge is -2.35. The Morgan fingerprint density at radius 1 is 1.48 bits per heavy atom. The lowest BCUT2D eigenvalue weighted by Crippen LogP contribution is -2.49. The first kappa shape index (κ1) is 17.7. The van der Waals surface area contributed by atoms with Gasteiger partial charge >= 0.3 is 5.97 Å². The maximum absolute atomic E-state index is 11.8. The zero-order valence-electron chi connectivity index (χ0n) is 13.5. The molecule has 1 amide bonds. The summed E-state index contributed by atoms with van der Waals surface area (Å²) in [6, 6.07) is -0.0810. The monoisotopic (exact) mass is 296 g/mol. The van der Waals surface area contributed by atoms with Gasteiger partial charge in [0.15, 0.2) is 0 Å². The minimum absolute atomic E-state index is 0.0342. The highest BCUT2D eigenvalue weighted by molar-refractivity contribution is 5.88. The van der Waals surface area contributed by atoms with E-state index in [0.29, 0.717) is 30.9 Å². The number of carbonyl (C=O) groups is 2. The summed E-state index contributed by atoms with van der Waals surface area (Å²) in [6.07, 6.45) is 4.02. The number of nitrogens with one attached hydrogen (secondary N) is 1. The van der Waals surface area contributed by atoms with Crippen LogP contribution in [0, 0.1) is 11.8 Å². The summed E-state index contributed by atoms with van der Waals surface area (Å²) in [5.41, 5.74) is 6.91. The number of hydrogen-bond acceptors (Lipinski definition) is 4. The van der Waals surface area contributed by atoms with Crippen molar-refractivity contribution in [2.24, 2.45) is 17.6 Å². The van der Waals surface area contributed by atoms with Crippen molar-refractivity contribution in [2.45, 2.75) is 59.0 Å². The molecule has 0 aromatic carbocycles. The van der Waals surface area contributed by atoms with Crippen LogP contribution in [0.15, 0.2) is 11.6 Å². The van der Waals surface area contributed by atoms with Crippen molar-refractivity contribution in [1.82, 2.24) is 5.32 Å². The lowest BCUT2D eigenvalue weighted by atomic mass is 9.78. The normalized spacial score (nSPS) is 23.4. The Balaban J connectivity index is 2.77. The smallest absolute Gasteiger partial charge is 0.333 e. The van der Waals surface area contributed by atoms with Crippen molar-refractivity contribution in [1.29, 1.82) is 0 Å². The van der Waals surface area contributed by atoms with Gasteiger partial charge in [-0.2, -0.15) is 0 Å². The quantitative estimate of drug-likeness (QED) is 0.732. The van der Waals surface area contributed by atoms with Crippen LogP contribution in [-0.2, 0) is 14.3 Å². The van der Waals surface area contributed by atoms with E-state index in [9.17, 15) is 9.59 Å². The summed E-state index contributed by atoms with van der Waals surface area (Å²) in [6.45, 7) is 7.95. The van der Waals surface area contributed by atoms with Crippen molar-refractivity contribution in [3.63, 3.8) is 0 Å². The number of carbonyl (C=O) groups excluding carboxylic acids is 2. The van der Waals surface area contributed by atoms with Gasteiger partial charge in [0.25, 0.3) is 0 Å². The second kappa shape index (κ2) is 8.17. The molecule has 3 atom stereocenters. The van der Waals surface area contributed by atoms with Crippen molar-refractivity contribution >= 4 is 11.9 Å². The van der Waals surface area contributed by atoms with Gasteiger partial charge in [0, 0.05) is 24.6 Å². The molecule has 5 nitrogen and oxygen atoms in total. The third kappa shape index (κ3) is 5.50. The van der Waals surface area contributed by atoms with Gasteiger partial charge in [-0.05, 0) is 38.0 Å². The zero-order valence-corrected chi connectivity index (χ0v) is 13.5. The average molecular weight is 296 g/mol. The Kier molecular flexibility index (Phi) is 6.89. The topological polar surface area (TPSA) is 81.4 Å². The van der Waals surface area contributed by atoms with Crippen LogP contribution < -0.4 is 11.1 Å². The summed E-state index contributed by atoms with van der Waals surface area (Å²) < 4.78 is 5.02.